The van der Waals surface area contributed by atoms with Crippen LogP contribution in [0.2, 0.25) is 0 Å². The highest BCUT2D eigenvalue weighted by molar-refractivity contribution is 5.90. The van der Waals surface area contributed by atoms with Crippen molar-refractivity contribution in [3.63, 3.8) is 0 Å². The van der Waals surface area contributed by atoms with Gasteiger partial charge in [-0.3, -0.25) is 9.59 Å². The van der Waals surface area contributed by atoms with E-state index < -0.39 is 0 Å². The topological polar surface area (TPSA) is 43.4 Å². The Labute approximate surface area is 126 Å². The monoisotopic (exact) mass is 288 g/mol. The van der Waals surface area contributed by atoms with Crippen LogP contribution in [0.5, 0.6) is 5.75 Å². The van der Waals surface area contributed by atoms with Gasteiger partial charge in [-0.2, -0.15) is 0 Å². The number of Topliss-reactive ketones (excluding diaryl/α,β-unsaturated/α-hetero) is 2. The summed E-state index contributed by atoms with van der Waals surface area (Å²) in [5, 5.41) is 0. The fourth-order valence-electron chi connectivity index (χ4n) is 3.29. The van der Waals surface area contributed by atoms with Crippen molar-refractivity contribution in [3.8, 4) is 5.75 Å². The first kappa shape index (κ1) is 15.7. The first-order valence-electron chi connectivity index (χ1n) is 7.71. The zero-order valence-electron chi connectivity index (χ0n) is 13.0. The van der Waals surface area contributed by atoms with E-state index in [1.54, 1.807) is 14.0 Å². The lowest BCUT2D eigenvalue weighted by atomic mass is 9.68. The van der Waals surface area contributed by atoms with Gasteiger partial charge in [0.1, 0.15) is 17.3 Å². The average Bonchev–Trinajstić information content (AvgIpc) is 2.48. The molecule has 21 heavy (non-hydrogen) atoms. The number of ether oxygens (including phenoxy) is 1. The van der Waals surface area contributed by atoms with Crippen LogP contribution in [0.1, 0.15) is 51.0 Å². The van der Waals surface area contributed by atoms with Crippen LogP contribution in [-0.4, -0.2) is 18.7 Å². The number of rotatable bonds is 6. The van der Waals surface area contributed by atoms with E-state index in [0.717, 1.165) is 37.0 Å². The third kappa shape index (κ3) is 3.93. The summed E-state index contributed by atoms with van der Waals surface area (Å²) in [6.45, 7) is 1.64. The number of benzene rings is 1. The highest BCUT2D eigenvalue weighted by atomic mass is 16.5. The molecule has 1 aromatic carbocycles. The predicted octanol–water partition coefficient (Wildman–Crippen LogP) is 3.74. The molecule has 0 saturated heterocycles. The average molecular weight is 288 g/mol. The molecule has 0 radical (unpaired) electrons. The maximum Gasteiger partial charge on any atom is 0.138 e. The Hall–Kier alpha value is -1.64. The molecule has 3 heteroatoms. The first-order chi connectivity index (χ1) is 10.1. The quantitative estimate of drug-likeness (QED) is 0.801. The van der Waals surface area contributed by atoms with Gasteiger partial charge in [-0.15, -0.1) is 0 Å². The van der Waals surface area contributed by atoms with Gasteiger partial charge >= 0.3 is 0 Å². The Morgan fingerprint density at radius 3 is 2.24 bits per heavy atom. The Bertz CT molecular complexity index is 496. The standard InChI is InChI=1S/C18H24O3/c1-14(19)18(10-4-3-5-11-18)13-16(20)12-15-6-8-17(21-2)9-7-15/h6-9H,3-5,10-13H2,1-2H3. The zero-order chi connectivity index (χ0) is 15.3. The second-order valence-electron chi connectivity index (χ2n) is 6.14. The maximum atomic E-state index is 12.4. The molecule has 0 spiro atoms. The van der Waals surface area contributed by atoms with Crippen molar-refractivity contribution in [2.45, 2.75) is 51.9 Å². The number of methoxy groups -OCH3 is 1. The molecule has 114 valence electrons. The molecule has 0 aromatic heterocycles. The van der Waals surface area contributed by atoms with Crippen molar-refractivity contribution in [1.29, 1.82) is 0 Å². The fraction of sp³-hybridized carbons (Fsp3) is 0.556. The second kappa shape index (κ2) is 6.88. The molecule has 0 atom stereocenters. The molecule has 0 aliphatic heterocycles. The Morgan fingerprint density at radius 2 is 1.71 bits per heavy atom. The van der Waals surface area contributed by atoms with Gasteiger partial charge < -0.3 is 4.74 Å². The third-order valence-corrected chi connectivity index (χ3v) is 4.65. The smallest absolute Gasteiger partial charge is 0.138 e. The van der Waals surface area contributed by atoms with Crippen molar-refractivity contribution >= 4 is 11.6 Å². The van der Waals surface area contributed by atoms with Crippen molar-refractivity contribution in [3.05, 3.63) is 29.8 Å². The van der Waals surface area contributed by atoms with E-state index in [1.165, 1.54) is 6.42 Å². The van der Waals surface area contributed by atoms with Crippen LogP contribution in [0.25, 0.3) is 0 Å². The molecule has 1 aromatic rings. The van der Waals surface area contributed by atoms with Gasteiger partial charge in [0.15, 0.2) is 0 Å². The minimum atomic E-state index is -0.387. The van der Waals surface area contributed by atoms with Gasteiger partial charge in [0.2, 0.25) is 0 Å². The molecule has 0 heterocycles. The molecule has 1 fully saturated rings. The molecule has 1 aliphatic rings. The van der Waals surface area contributed by atoms with Crippen molar-refractivity contribution < 1.29 is 14.3 Å². The van der Waals surface area contributed by atoms with Gasteiger partial charge in [0, 0.05) is 18.3 Å². The van der Waals surface area contributed by atoms with Gasteiger partial charge in [0.05, 0.1) is 7.11 Å². The lowest BCUT2D eigenvalue weighted by Crippen LogP contribution is -2.34. The Kier molecular flexibility index (Phi) is 5.16. The molecule has 1 aliphatic carbocycles. The minimum Gasteiger partial charge on any atom is -0.497 e. The van der Waals surface area contributed by atoms with Crippen LogP contribution in [0.15, 0.2) is 24.3 Å². The van der Waals surface area contributed by atoms with E-state index in [4.69, 9.17) is 4.74 Å². The zero-order valence-corrected chi connectivity index (χ0v) is 13.0. The largest absolute Gasteiger partial charge is 0.497 e. The summed E-state index contributed by atoms with van der Waals surface area (Å²) in [7, 11) is 1.62. The molecular formula is C18H24O3. The fourth-order valence-corrected chi connectivity index (χ4v) is 3.29. The summed E-state index contributed by atoms with van der Waals surface area (Å²) in [6, 6.07) is 7.56. The van der Waals surface area contributed by atoms with Crippen LogP contribution in [-0.2, 0) is 16.0 Å². The first-order valence-corrected chi connectivity index (χ1v) is 7.71. The Balaban J connectivity index is 2.00. The van der Waals surface area contributed by atoms with E-state index in [-0.39, 0.29) is 17.0 Å². The molecule has 0 amide bonds. The molecular weight excluding hydrogens is 264 g/mol. The van der Waals surface area contributed by atoms with Crippen molar-refractivity contribution in [2.75, 3.05) is 7.11 Å². The molecule has 0 bridgehead atoms. The van der Waals surface area contributed by atoms with Gasteiger partial charge in [-0.1, -0.05) is 31.4 Å². The number of carbonyl (C=O) groups is 2. The number of ketones is 2. The lowest BCUT2D eigenvalue weighted by Gasteiger charge is -2.34. The maximum absolute atomic E-state index is 12.4. The Morgan fingerprint density at radius 1 is 1.10 bits per heavy atom. The molecule has 0 unspecified atom stereocenters. The second-order valence-corrected chi connectivity index (χ2v) is 6.14. The summed E-state index contributed by atoms with van der Waals surface area (Å²) in [6.07, 6.45) is 5.85. The van der Waals surface area contributed by atoms with Gasteiger partial charge in [-0.25, -0.2) is 0 Å². The van der Waals surface area contributed by atoms with E-state index in [0.29, 0.717) is 12.8 Å². The number of carbonyl (C=O) groups excluding carboxylic acids is 2. The number of hydrogen-bond acceptors (Lipinski definition) is 3. The normalized spacial score (nSPS) is 17.2. The summed E-state index contributed by atoms with van der Waals surface area (Å²) in [5.74, 6) is 1.14. The SMILES string of the molecule is COc1ccc(CC(=O)CC2(C(C)=O)CCCCC2)cc1. The van der Waals surface area contributed by atoms with Crippen LogP contribution in [0.3, 0.4) is 0 Å². The van der Waals surface area contributed by atoms with Gasteiger partial charge in [-0.05, 0) is 37.5 Å². The van der Waals surface area contributed by atoms with Crippen LogP contribution >= 0.6 is 0 Å². The molecule has 2 rings (SSSR count). The van der Waals surface area contributed by atoms with E-state index >= 15 is 0 Å². The number of hydrogen-bond donors (Lipinski definition) is 0. The van der Waals surface area contributed by atoms with Gasteiger partial charge in [0.25, 0.3) is 0 Å². The van der Waals surface area contributed by atoms with Crippen molar-refractivity contribution in [1.82, 2.24) is 0 Å². The molecule has 1 saturated carbocycles. The minimum absolute atomic E-state index is 0.164. The summed E-state index contributed by atoms with van der Waals surface area (Å²) in [5.41, 5.74) is 0.595. The predicted molar refractivity (Wildman–Crippen MR) is 82.5 cm³/mol. The molecule has 3 nitrogen and oxygen atoms in total. The van der Waals surface area contributed by atoms with Crippen molar-refractivity contribution in [2.24, 2.45) is 5.41 Å². The van der Waals surface area contributed by atoms with Crippen LogP contribution in [0, 0.1) is 5.41 Å². The summed E-state index contributed by atoms with van der Waals surface area (Å²) >= 11 is 0. The lowest BCUT2D eigenvalue weighted by molar-refractivity contribution is -0.134. The van der Waals surface area contributed by atoms with Crippen LogP contribution in [0.4, 0.5) is 0 Å². The van der Waals surface area contributed by atoms with E-state index in [2.05, 4.69) is 0 Å². The summed E-state index contributed by atoms with van der Waals surface area (Å²) < 4.78 is 5.11. The third-order valence-electron chi connectivity index (χ3n) is 4.65. The molecule has 0 N–H and O–H groups in total. The van der Waals surface area contributed by atoms with Crippen LogP contribution < -0.4 is 4.74 Å². The van der Waals surface area contributed by atoms with E-state index in [9.17, 15) is 9.59 Å². The highest BCUT2D eigenvalue weighted by Crippen LogP contribution is 2.40. The highest BCUT2D eigenvalue weighted by Gasteiger charge is 2.38. The van der Waals surface area contributed by atoms with E-state index in [1.807, 2.05) is 24.3 Å². The summed E-state index contributed by atoms with van der Waals surface area (Å²) in [4.78, 5) is 24.4.